The lowest BCUT2D eigenvalue weighted by Gasteiger charge is -2.12. The Balaban J connectivity index is 0.00000264. The van der Waals surface area contributed by atoms with Crippen LogP contribution in [0.25, 0.3) is 10.9 Å². The predicted octanol–water partition coefficient (Wildman–Crippen LogP) is 3.85. The first-order chi connectivity index (χ1) is 10.6. The molecular weight excluding hydrogens is 399 g/mol. The molecule has 0 amide bonds. The van der Waals surface area contributed by atoms with Gasteiger partial charge in [0.25, 0.3) is 0 Å². The number of nitrogens with zero attached hydrogens (tertiary/aromatic N) is 1. The molecule has 128 valence electrons. The Morgan fingerprint density at radius 2 is 1.96 bits per heavy atom. The van der Waals surface area contributed by atoms with E-state index < -0.39 is 0 Å². The fraction of sp³-hybridized carbons (Fsp3) is 0.500. The van der Waals surface area contributed by atoms with Gasteiger partial charge in [0, 0.05) is 36.2 Å². The molecule has 5 heteroatoms. The Hall–Kier alpha value is -1.24. The van der Waals surface area contributed by atoms with Gasteiger partial charge in [-0.25, -0.2) is 0 Å². The van der Waals surface area contributed by atoms with Gasteiger partial charge in [0.1, 0.15) is 0 Å². The zero-order valence-electron chi connectivity index (χ0n) is 14.6. The number of para-hydroxylation sites is 1. The highest BCUT2D eigenvalue weighted by Crippen LogP contribution is 2.21. The maximum absolute atomic E-state index is 4.60. The van der Waals surface area contributed by atoms with E-state index in [-0.39, 0.29) is 24.0 Å². The second-order valence-corrected chi connectivity index (χ2v) is 6.06. The third kappa shape index (κ3) is 5.71. The summed E-state index contributed by atoms with van der Waals surface area (Å²) in [7, 11) is 0. The van der Waals surface area contributed by atoms with E-state index in [9.17, 15) is 0 Å². The standard InChI is InChI=1S/C18H28N4.HI/c1-5-19-18(21-12-13(2)3)20-11-10-15-14(4)22-17-9-7-6-8-16(15)17;/h6-9,13,22H,5,10-12H2,1-4H3,(H2,19,20,21);1H. The van der Waals surface area contributed by atoms with Gasteiger partial charge in [0.2, 0.25) is 0 Å². The number of aryl methyl sites for hydroxylation is 1. The van der Waals surface area contributed by atoms with E-state index in [2.05, 4.69) is 72.6 Å². The number of aromatic nitrogens is 1. The smallest absolute Gasteiger partial charge is 0.191 e. The molecule has 0 saturated heterocycles. The molecule has 0 spiro atoms. The van der Waals surface area contributed by atoms with Gasteiger partial charge in [-0.15, -0.1) is 24.0 Å². The number of hydrogen-bond donors (Lipinski definition) is 3. The number of benzene rings is 1. The van der Waals surface area contributed by atoms with Crippen LogP contribution in [0.5, 0.6) is 0 Å². The highest BCUT2D eigenvalue weighted by atomic mass is 127. The van der Waals surface area contributed by atoms with Crippen LogP contribution < -0.4 is 10.6 Å². The third-order valence-corrected chi connectivity index (χ3v) is 3.65. The monoisotopic (exact) mass is 428 g/mol. The van der Waals surface area contributed by atoms with E-state index in [0.29, 0.717) is 5.92 Å². The quantitative estimate of drug-likeness (QED) is 0.372. The zero-order chi connectivity index (χ0) is 15.9. The van der Waals surface area contributed by atoms with Crippen molar-refractivity contribution < 1.29 is 0 Å². The van der Waals surface area contributed by atoms with Crippen molar-refractivity contribution in [1.82, 2.24) is 15.6 Å². The molecule has 0 bridgehead atoms. The molecule has 2 aromatic rings. The minimum atomic E-state index is 0. The number of aliphatic imine (C=N–C) groups is 1. The fourth-order valence-electron chi connectivity index (χ4n) is 2.58. The van der Waals surface area contributed by atoms with Crippen LogP contribution in [0.3, 0.4) is 0 Å². The molecule has 0 aliphatic heterocycles. The number of guanidine groups is 1. The Labute approximate surface area is 156 Å². The molecule has 2 rings (SSSR count). The molecule has 0 saturated carbocycles. The molecule has 0 unspecified atom stereocenters. The first kappa shape index (κ1) is 19.8. The van der Waals surface area contributed by atoms with Crippen molar-refractivity contribution in [2.75, 3.05) is 19.6 Å². The van der Waals surface area contributed by atoms with E-state index >= 15 is 0 Å². The maximum atomic E-state index is 4.60. The average molecular weight is 428 g/mol. The summed E-state index contributed by atoms with van der Waals surface area (Å²) in [6.07, 6.45) is 0.988. The van der Waals surface area contributed by atoms with Crippen LogP contribution >= 0.6 is 24.0 Å². The Morgan fingerprint density at radius 3 is 2.65 bits per heavy atom. The highest BCUT2D eigenvalue weighted by molar-refractivity contribution is 14.0. The lowest BCUT2D eigenvalue weighted by Crippen LogP contribution is -2.38. The molecule has 0 aliphatic rings. The van der Waals surface area contributed by atoms with Crippen LogP contribution in [0.1, 0.15) is 32.0 Å². The van der Waals surface area contributed by atoms with Gasteiger partial charge in [-0.3, -0.25) is 4.99 Å². The van der Waals surface area contributed by atoms with Gasteiger partial charge in [-0.1, -0.05) is 32.0 Å². The topological polar surface area (TPSA) is 52.2 Å². The molecule has 0 aliphatic carbocycles. The SMILES string of the molecule is CCNC(=NCC(C)C)NCCc1c(C)[nH]c2ccccc12.I. The van der Waals surface area contributed by atoms with Gasteiger partial charge in [-0.2, -0.15) is 0 Å². The summed E-state index contributed by atoms with van der Waals surface area (Å²) in [6, 6.07) is 8.49. The number of H-pyrrole nitrogens is 1. The summed E-state index contributed by atoms with van der Waals surface area (Å²) in [6.45, 7) is 11.2. The number of rotatable bonds is 6. The van der Waals surface area contributed by atoms with Gasteiger partial charge in [0.05, 0.1) is 0 Å². The number of hydrogen-bond acceptors (Lipinski definition) is 1. The molecule has 1 aromatic carbocycles. The molecule has 3 N–H and O–H groups in total. The van der Waals surface area contributed by atoms with Crippen molar-refractivity contribution in [2.45, 2.75) is 34.1 Å². The number of aromatic amines is 1. The van der Waals surface area contributed by atoms with Gasteiger partial charge in [-0.05, 0) is 37.8 Å². The molecule has 0 radical (unpaired) electrons. The summed E-state index contributed by atoms with van der Waals surface area (Å²) < 4.78 is 0. The second-order valence-electron chi connectivity index (χ2n) is 6.06. The lowest BCUT2D eigenvalue weighted by molar-refractivity contribution is 0.656. The van der Waals surface area contributed by atoms with Gasteiger partial charge >= 0.3 is 0 Å². The first-order valence-electron chi connectivity index (χ1n) is 8.20. The summed E-state index contributed by atoms with van der Waals surface area (Å²) in [5.41, 5.74) is 3.87. The molecule has 0 atom stereocenters. The van der Waals surface area contributed by atoms with Crippen LogP contribution in [-0.2, 0) is 6.42 Å². The molecule has 4 nitrogen and oxygen atoms in total. The zero-order valence-corrected chi connectivity index (χ0v) is 16.9. The highest BCUT2D eigenvalue weighted by Gasteiger charge is 2.07. The van der Waals surface area contributed by atoms with E-state index in [4.69, 9.17) is 0 Å². The molecule has 1 aromatic heterocycles. The normalized spacial score (nSPS) is 11.6. The minimum Gasteiger partial charge on any atom is -0.358 e. The van der Waals surface area contributed by atoms with E-state index in [1.54, 1.807) is 0 Å². The van der Waals surface area contributed by atoms with Crippen molar-refractivity contribution in [3.63, 3.8) is 0 Å². The summed E-state index contributed by atoms with van der Waals surface area (Å²) in [5.74, 6) is 1.49. The predicted molar refractivity (Wildman–Crippen MR) is 111 cm³/mol. The number of fused-ring (bicyclic) bond motifs is 1. The van der Waals surface area contributed by atoms with E-state index in [1.165, 1.54) is 22.2 Å². The molecule has 23 heavy (non-hydrogen) atoms. The Morgan fingerprint density at radius 1 is 1.22 bits per heavy atom. The number of halogens is 1. The van der Waals surface area contributed by atoms with Crippen LogP contribution in [-0.4, -0.2) is 30.6 Å². The van der Waals surface area contributed by atoms with Crippen LogP contribution in [0.4, 0.5) is 0 Å². The molecule has 1 heterocycles. The van der Waals surface area contributed by atoms with Crippen LogP contribution in [0.2, 0.25) is 0 Å². The van der Waals surface area contributed by atoms with Gasteiger partial charge < -0.3 is 15.6 Å². The van der Waals surface area contributed by atoms with Crippen molar-refractivity contribution in [1.29, 1.82) is 0 Å². The Bertz CT molecular complexity index is 631. The number of nitrogens with one attached hydrogen (secondary N) is 3. The maximum Gasteiger partial charge on any atom is 0.191 e. The van der Waals surface area contributed by atoms with E-state index in [1.807, 2.05) is 0 Å². The second kappa shape index (κ2) is 9.80. The largest absolute Gasteiger partial charge is 0.358 e. The lowest BCUT2D eigenvalue weighted by atomic mass is 10.1. The summed E-state index contributed by atoms with van der Waals surface area (Å²) >= 11 is 0. The molecular formula is C18H29IN4. The average Bonchev–Trinajstić information content (AvgIpc) is 2.80. The first-order valence-corrected chi connectivity index (χ1v) is 8.20. The fourth-order valence-corrected chi connectivity index (χ4v) is 2.58. The van der Waals surface area contributed by atoms with Crippen molar-refractivity contribution in [3.8, 4) is 0 Å². The summed E-state index contributed by atoms with van der Waals surface area (Å²) in [4.78, 5) is 8.06. The Kier molecular flexibility index (Phi) is 8.44. The molecule has 0 fully saturated rings. The summed E-state index contributed by atoms with van der Waals surface area (Å²) in [5, 5.41) is 8.06. The van der Waals surface area contributed by atoms with Crippen LogP contribution in [0, 0.1) is 12.8 Å². The van der Waals surface area contributed by atoms with Crippen molar-refractivity contribution >= 4 is 40.8 Å². The minimum absolute atomic E-state index is 0. The van der Waals surface area contributed by atoms with Crippen molar-refractivity contribution in [2.24, 2.45) is 10.9 Å². The van der Waals surface area contributed by atoms with Gasteiger partial charge in [0.15, 0.2) is 5.96 Å². The van der Waals surface area contributed by atoms with Crippen LogP contribution in [0.15, 0.2) is 29.3 Å². The third-order valence-electron chi connectivity index (χ3n) is 3.65. The van der Waals surface area contributed by atoms with Crippen molar-refractivity contribution in [3.05, 3.63) is 35.5 Å². The van der Waals surface area contributed by atoms with E-state index in [0.717, 1.165) is 32.0 Å².